The van der Waals surface area contributed by atoms with Gasteiger partial charge in [0.25, 0.3) is 5.91 Å². The normalized spacial score (nSPS) is 17.7. The van der Waals surface area contributed by atoms with Gasteiger partial charge in [-0.3, -0.25) is 9.48 Å². The van der Waals surface area contributed by atoms with E-state index < -0.39 is 0 Å². The number of benzene rings is 1. The highest BCUT2D eigenvalue weighted by molar-refractivity contribution is 5.93. The van der Waals surface area contributed by atoms with Gasteiger partial charge < -0.3 is 14.5 Å². The third-order valence-electron chi connectivity index (χ3n) is 5.58. The lowest BCUT2D eigenvalue weighted by Gasteiger charge is -2.36. The molecule has 1 aliphatic carbocycles. The first-order chi connectivity index (χ1) is 13.4. The summed E-state index contributed by atoms with van der Waals surface area (Å²) in [5.41, 5.74) is 2.77. The molecular weight excluding hydrogens is 352 g/mol. The molecule has 4 rings (SSSR count). The molecule has 2 aromatic rings. The molecule has 0 atom stereocenters. The van der Waals surface area contributed by atoms with Gasteiger partial charge in [-0.1, -0.05) is 0 Å². The number of anilines is 1. The van der Waals surface area contributed by atoms with Crippen LogP contribution in [0.2, 0.25) is 0 Å². The molecule has 0 unspecified atom stereocenters. The first-order valence-electron chi connectivity index (χ1n) is 10.2. The maximum absolute atomic E-state index is 13.3. The van der Waals surface area contributed by atoms with Crippen molar-refractivity contribution in [3.05, 3.63) is 41.7 Å². The second-order valence-corrected chi connectivity index (χ2v) is 8.79. The molecule has 2 fully saturated rings. The lowest BCUT2D eigenvalue weighted by Crippen LogP contribution is -2.49. The number of hydrogen-bond donors (Lipinski definition) is 0. The molecule has 1 saturated carbocycles. The Bertz CT molecular complexity index is 838. The molecule has 28 heavy (non-hydrogen) atoms. The van der Waals surface area contributed by atoms with E-state index in [9.17, 15) is 4.79 Å². The van der Waals surface area contributed by atoms with E-state index in [1.54, 1.807) is 7.11 Å². The Morgan fingerprint density at radius 3 is 2.25 bits per heavy atom. The van der Waals surface area contributed by atoms with E-state index >= 15 is 0 Å². The average molecular weight is 383 g/mol. The summed E-state index contributed by atoms with van der Waals surface area (Å²) in [5, 5.41) is 4.79. The van der Waals surface area contributed by atoms with Gasteiger partial charge >= 0.3 is 0 Å². The van der Waals surface area contributed by atoms with Gasteiger partial charge in [-0.15, -0.1) is 0 Å². The van der Waals surface area contributed by atoms with Crippen LogP contribution in [-0.2, 0) is 5.54 Å². The van der Waals surface area contributed by atoms with Crippen LogP contribution in [0.4, 0.5) is 5.69 Å². The van der Waals surface area contributed by atoms with Gasteiger partial charge in [-0.05, 0) is 63.9 Å². The third kappa shape index (κ3) is 3.73. The fourth-order valence-corrected chi connectivity index (χ4v) is 3.76. The second kappa shape index (κ2) is 7.15. The summed E-state index contributed by atoms with van der Waals surface area (Å²) in [4.78, 5) is 17.6. The molecule has 0 spiro atoms. The molecule has 2 aliphatic rings. The number of carbonyl (C=O) groups is 1. The van der Waals surface area contributed by atoms with Gasteiger partial charge in [-0.2, -0.15) is 5.10 Å². The smallest absolute Gasteiger partial charge is 0.272 e. The first-order valence-corrected chi connectivity index (χ1v) is 10.2. The van der Waals surface area contributed by atoms with Crippen molar-refractivity contribution in [2.45, 2.75) is 45.1 Å². The lowest BCUT2D eigenvalue weighted by molar-refractivity contribution is 0.0726. The number of amides is 1. The number of hydrogen-bond acceptors (Lipinski definition) is 4. The molecule has 1 aromatic carbocycles. The van der Waals surface area contributed by atoms with Crippen molar-refractivity contribution in [2.24, 2.45) is 0 Å². The van der Waals surface area contributed by atoms with Crippen LogP contribution in [-0.4, -0.2) is 53.9 Å². The van der Waals surface area contributed by atoms with Crippen molar-refractivity contribution in [1.29, 1.82) is 0 Å². The van der Waals surface area contributed by atoms with Crippen LogP contribution in [0.25, 0.3) is 0 Å². The van der Waals surface area contributed by atoms with Crippen LogP contribution in [0.15, 0.2) is 30.3 Å². The zero-order chi connectivity index (χ0) is 19.9. The molecule has 1 aliphatic heterocycles. The van der Waals surface area contributed by atoms with Crippen LogP contribution in [0.1, 0.15) is 55.7 Å². The SMILES string of the molecule is COc1ccc(N2CCN(C(=O)c3cc(C4CC4)nn3C(C)(C)C)CC2)cc1. The minimum absolute atomic E-state index is 0.101. The molecule has 1 amide bonds. The average Bonchev–Trinajstić information content (AvgIpc) is 3.44. The van der Waals surface area contributed by atoms with Gasteiger partial charge in [0.15, 0.2) is 0 Å². The fraction of sp³-hybridized carbons (Fsp3) is 0.545. The first kappa shape index (κ1) is 18.8. The van der Waals surface area contributed by atoms with Crippen molar-refractivity contribution in [1.82, 2.24) is 14.7 Å². The number of methoxy groups -OCH3 is 1. The minimum Gasteiger partial charge on any atom is -0.497 e. The number of rotatable bonds is 4. The van der Waals surface area contributed by atoms with Crippen LogP contribution >= 0.6 is 0 Å². The molecule has 1 aromatic heterocycles. The number of ether oxygens (including phenoxy) is 1. The van der Waals surface area contributed by atoms with Crippen molar-refractivity contribution < 1.29 is 9.53 Å². The predicted molar refractivity (Wildman–Crippen MR) is 110 cm³/mol. The Balaban J connectivity index is 1.46. The van der Waals surface area contributed by atoms with Gasteiger partial charge in [0, 0.05) is 37.8 Å². The Labute approximate surface area is 167 Å². The number of aromatic nitrogens is 2. The van der Waals surface area contributed by atoms with E-state index in [-0.39, 0.29) is 11.4 Å². The van der Waals surface area contributed by atoms with E-state index in [1.165, 1.54) is 18.5 Å². The van der Waals surface area contributed by atoms with Crippen LogP contribution in [0.3, 0.4) is 0 Å². The van der Waals surface area contributed by atoms with E-state index in [4.69, 9.17) is 9.84 Å². The van der Waals surface area contributed by atoms with Gasteiger partial charge in [0.05, 0.1) is 18.3 Å². The topological polar surface area (TPSA) is 50.6 Å². The summed E-state index contributed by atoms with van der Waals surface area (Å²) in [6.07, 6.45) is 2.38. The highest BCUT2D eigenvalue weighted by Crippen LogP contribution is 2.40. The standard InChI is InChI=1S/C22H30N4O2/c1-22(2,3)26-20(15-19(23-26)16-5-6-16)21(27)25-13-11-24(12-14-25)17-7-9-18(28-4)10-8-17/h7-10,15-16H,5-6,11-14H2,1-4H3. The highest BCUT2D eigenvalue weighted by Gasteiger charge is 2.33. The van der Waals surface area contributed by atoms with Gasteiger partial charge in [-0.25, -0.2) is 0 Å². The third-order valence-corrected chi connectivity index (χ3v) is 5.58. The molecule has 6 nitrogen and oxygen atoms in total. The zero-order valence-electron chi connectivity index (χ0n) is 17.3. The summed E-state index contributed by atoms with van der Waals surface area (Å²) in [6, 6.07) is 10.1. The fourth-order valence-electron chi connectivity index (χ4n) is 3.76. The summed E-state index contributed by atoms with van der Waals surface area (Å²) >= 11 is 0. The number of piperazine rings is 1. The lowest BCUT2D eigenvalue weighted by atomic mass is 10.1. The van der Waals surface area contributed by atoms with Crippen molar-refractivity contribution in [3.8, 4) is 5.75 Å². The van der Waals surface area contributed by atoms with E-state index in [0.717, 1.165) is 43.3 Å². The summed E-state index contributed by atoms with van der Waals surface area (Å²) in [7, 11) is 1.68. The summed E-state index contributed by atoms with van der Waals surface area (Å²) in [6.45, 7) is 9.42. The monoisotopic (exact) mass is 382 g/mol. The van der Waals surface area contributed by atoms with Crippen LogP contribution < -0.4 is 9.64 Å². The maximum Gasteiger partial charge on any atom is 0.272 e. The molecule has 0 radical (unpaired) electrons. The van der Waals surface area contributed by atoms with E-state index in [0.29, 0.717) is 5.92 Å². The molecular formula is C22H30N4O2. The summed E-state index contributed by atoms with van der Waals surface area (Å²) < 4.78 is 7.17. The Kier molecular flexibility index (Phi) is 4.81. The van der Waals surface area contributed by atoms with E-state index in [1.807, 2.05) is 27.8 Å². The van der Waals surface area contributed by atoms with Gasteiger partial charge in [0.2, 0.25) is 0 Å². The molecule has 2 heterocycles. The summed E-state index contributed by atoms with van der Waals surface area (Å²) in [5.74, 6) is 1.50. The van der Waals surface area contributed by atoms with Crippen molar-refractivity contribution in [3.63, 3.8) is 0 Å². The largest absolute Gasteiger partial charge is 0.497 e. The predicted octanol–water partition coefficient (Wildman–Crippen LogP) is 3.49. The number of carbonyl (C=O) groups excluding carboxylic acids is 1. The van der Waals surface area contributed by atoms with Crippen LogP contribution in [0.5, 0.6) is 5.75 Å². The molecule has 150 valence electrons. The molecule has 1 saturated heterocycles. The van der Waals surface area contributed by atoms with E-state index in [2.05, 4.69) is 37.8 Å². The van der Waals surface area contributed by atoms with Crippen molar-refractivity contribution >= 4 is 11.6 Å². The molecule has 6 heteroatoms. The van der Waals surface area contributed by atoms with Gasteiger partial charge in [0.1, 0.15) is 11.4 Å². The highest BCUT2D eigenvalue weighted by atomic mass is 16.5. The van der Waals surface area contributed by atoms with Crippen molar-refractivity contribution in [2.75, 3.05) is 38.2 Å². The molecule has 0 bridgehead atoms. The second-order valence-electron chi connectivity index (χ2n) is 8.79. The van der Waals surface area contributed by atoms with Crippen LogP contribution in [0, 0.1) is 0 Å². The Hall–Kier alpha value is -2.50. The quantitative estimate of drug-likeness (QED) is 0.812. The Morgan fingerprint density at radius 2 is 1.71 bits per heavy atom. The zero-order valence-corrected chi connectivity index (χ0v) is 17.3. The Morgan fingerprint density at radius 1 is 1.07 bits per heavy atom. The minimum atomic E-state index is -0.205. The molecule has 0 N–H and O–H groups in total. The maximum atomic E-state index is 13.3. The number of nitrogens with zero attached hydrogens (tertiary/aromatic N) is 4.